The molecule has 0 bridgehead atoms. The summed E-state index contributed by atoms with van der Waals surface area (Å²) in [5.41, 5.74) is 1.26. The zero-order valence-corrected chi connectivity index (χ0v) is 17.2. The van der Waals surface area contributed by atoms with Gasteiger partial charge in [-0.3, -0.25) is 10.1 Å². The molecule has 1 N–H and O–H groups in total. The third-order valence-corrected chi connectivity index (χ3v) is 6.84. The summed E-state index contributed by atoms with van der Waals surface area (Å²) in [6, 6.07) is 20.3. The highest BCUT2D eigenvalue weighted by molar-refractivity contribution is 8.00. The number of carbonyl (C=O) groups excluding carboxylic acids is 1. The first-order valence-electron chi connectivity index (χ1n) is 8.54. The van der Waals surface area contributed by atoms with Crippen molar-refractivity contribution in [3.63, 3.8) is 0 Å². The molecule has 2 aromatic carbocycles. The molecule has 0 aliphatic heterocycles. The summed E-state index contributed by atoms with van der Waals surface area (Å²) in [5, 5.41) is 14.9. The van der Waals surface area contributed by atoms with E-state index in [0.717, 1.165) is 15.1 Å². The van der Waals surface area contributed by atoms with Gasteiger partial charge in [-0.25, -0.2) is 4.98 Å². The zero-order chi connectivity index (χ0) is 19.2. The molecule has 0 atom stereocenters. The van der Waals surface area contributed by atoms with Gasteiger partial charge < -0.3 is 0 Å². The molecule has 28 heavy (non-hydrogen) atoms. The lowest BCUT2D eigenvalue weighted by atomic mass is 10.1. The van der Waals surface area contributed by atoms with Gasteiger partial charge in [-0.2, -0.15) is 0 Å². The maximum Gasteiger partial charge on any atom is 0.236 e. The number of anilines is 1. The fourth-order valence-electron chi connectivity index (χ4n) is 2.60. The lowest BCUT2D eigenvalue weighted by molar-refractivity contribution is -0.113. The molecule has 0 unspecified atom stereocenters. The Morgan fingerprint density at radius 2 is 1.82 bits per heavy atom. The predicted molar refractivity (Wildman–Crippen MR) is 117 cm³/mol. The molecule has 0 aliphatic rings. The van der Waals surface area contributed by atoms with Crippen LogP contribution in [-0.2, 0) is 10.5 Å². The van der Waals surface area contributed by atoms with Crippen LogP contribution < -0.4 is 5.32 Å². The third kappa shape index (κ3) is 4.89. The number of fused-ring (bicyclic) bond motifs is 1. The van der Waals surface area contributed by atoms with Crippen LogP contribution >= 0.6 is 34.9 Å². The van der Waals surface area contributed by atoms with Crippen LogP contribution in [0.1, 0.15) is 5.56 Å². The topological polar surface area (TPSA) is 67.8 Å². The molecule has 4 aromatic rings. The van der Waals surface area contributed by atoms with Crippen molar-refractivity contribution in [2.24, 2.45) is 0 Å². The first-order valence-corrected chi connectivity index (χ1v) is 11.3. The highest BCUT2D eigenvalue weighted by atomic mass is 32.2. The van der Waals surface area contributed by atoms with Crippen LogP contribution in [0.4, 0.5) is 5.13 Å². The Balaban J connectivity index is 1.32. The molecule has 0 spiro atoms. The SMILES string of the molecule is O=C(CSc1ccccn1)Nc1nnc(SCc2cccc3ccccc23)s1. The Kier molecular flexibility index (Phi) is 6.20. The van der Waals surface area contributed by atoms with Crippen LogP contribution in [0.2, 0.25) is 0 Å². The van der Waals surface area contributed by atoms with Gasteiger partial charge >= 0.3 is 0 Å². The van der Waals surface area contributed by atoms with Crippen LogP contribution in [-0.4, -0.2) is 26.8 Å². The first kappa shape index (κ1) is 18.9. The standard InChI is InChI=1S/C20H16N4OS3/c25-17(13-26-18-10-3-4-11-21-18)22-19-23-24-20(28-19)27-12-15-8-5-7-14-6-1-2-9-16(14)15/h1-11H,12-13H2,(H,22,23,25). The van der Waals surface area contributed by atoms with Crippen molar-refractivity contribution in [3.8, 4) is 0 Å². The van der Waals surface area contributed by atoms with Crippen LogP contribution in [0.25, 0.3) is 10.8 Å². The molecule has 0 radical (unpaired) electrons. The van der Waals surface area contributed by atoms with Gasteiger partial charge in [0, 0.05) is 11.9 Å². The van der Waals surface area contributed by atoms with Gasteiger partial charge in [0.25, 0.3) is 0 Å². The van der Waals surface area contributed by atoms with E-state index in [1.54, 1.807) is 18.0 Å². The van der Waals surface area contributed by atoms with Gasteiger partial charge in [0.05, 0.1) is 10.8 Å². The van der Waals surface area contributed by atoms with Crippen LogP contribution in [0.15, 0.2) is 76.2 Å². The largest absolute Gasteiger partial charge is 0.300 e. The van der Waals surface area contributed by atoms with Gasteiger partial charge in [-0.15, -0.1) is 10.2 Å². The number of amides is 1. The van der Waals surface area contributed by atoms with Crippen LogP contribution in [0.5, 0.6) is 0 Å². The van der Waals surface area contributed by atoms with E-state index in [4.69, 9.17) is 0 Å². The molecule has 2 aromatic heterocycles. The van der Waals surface area contributed by atoms with E-state index < -0.39 is 0 Å². The summed E-state index contributed by atoms with van der Waals surface area (Å²) in [7, 11) is 0. The van der Waals surface area contributed by atoms with Gasteiger partial charge in [0.1, 0.15) is 0 Å². The molecule has 0 aliphatic carbocycles. The minimum absolute atomic E-state index is 0.114. The van der Waals surface area contributed by atoms with Crippen molar-refractivity contribution in [1.82, 2.24) is 15.2 Å². The average Bonchev–Trinajstić information content (AvgIpc) is 3.18. The molecule has 0 saturated carbocycles. The third-order valence-electron chi connectivity index (χ3n) is 3.87. The molecule has 5 nitrogen and oxygen atoms in total. The molecule has 4 rings (SSSR count). The summed E-state index contributed by atoms with van der Waals surface area (Å²) >= 11 is 4.41. The summed E-state index contributed by atoms with van der Waals surface area (Å²) in [5.74, 6) is 0.978. The monoisotopic (exact) mass is 424 g/mol. The van der Waals surface area contributed by atoms with E-state index in [2.05, 4.69) is 56.9 Å². The number of pyridine rings is 1. The number of benzene rings is 2. The van der Waals surface area contributed by atoms with Crippen LogP contribution in [0.3, 0.4) is 0 Å². The number of aromatic nitrogens is 3. The van der Waals surface area contributed by atoms with Crippen molar-refractivity contribution < 1.29 is 4.79 Å². The number of thioether (sulfide) groups is 2. The Hall–Kier alpha value is -2.42. The van der Waals surface area contributed by atoms with Gasteiger partial charge in [-0.05, 0) is 28.5 Å². The zero-order valence-electron chi connectivity index (χ0n) is 14.7. The number of carbonyl (C=O) groups is 1. The Morgan fingerprint density at radius 3 is 2.71 bits per heavy atom. The van der Waals surface area contributed by atoms with Gasteiger partial charge in [0.2, 0.25) is 11.0 Å². The van der Waals surface area contributed by atoms with Gasteiger partial charge in [-0.1, -0.05) is 83.4 Å². The molecular formula is C20H16N4OS3. The summed E-state index contributed by atoms with van der Waals surface area (Å²) in [4.78, 5) is 16.3. The molecule has 2 heterocycles. The molecule has 140 valence electrons. The molecule has 1 amide bonds. The van der Waals surface area contributed by atoms with E-state index in [1.807, 2.05) is 24.3 Å². The number of nitrogens with one attached hydrogen (secondary N) is 1. The minimum Gasteiger partial charge on any atom is -0.300 e. The minimum atomic E-state index is -0.114. The first-order chi connectivity index (χ1) is 13.8. The smallest absolute Gasteiger partial charge is 0.236 e. The predicted octanol–water partition coefficient (Wildman–Crippen LogP) is 5.11. The fourth-order valence-corrected chi connectivity index (χ4v) is 5.04. The number of rotatable bonds is 7. The number of hydrogen-bond acceptors (Lipinski definition) is 7. The summed E-state index contributed by atoms with van der Waals surface area (Å²) in [6.45, 7) is 0. The van der Waals surface area contributed by atoms with Crippen molar-refractivity contribution in [1.29, 1.82) is 0 Å². The van der Waals surface area contributed by atoms with E-state index in [1.165, 1.54) is 39.4 Å². The van der Waals surface area contributed by atoms with Crippen molar-refractivity contribution >= 4 is 56.7 Å². The average molecular weight is 425 g/mol. The Bertz CT molecular complexity index is 1080. The molecule has 0 fully saturated rings. The van der Waals surface area contributed by atoms with Gasteiger partial charge in [0.15, 0.2) is 4.34 Å². The summed E-state index contributed by atoms with van der Waals surface area (Å²) in [6.07, 6.45) is 1.71. The fraction of sp³-hybridized carbons (Fsp3) is 0.100. The second-order valence-corrected chi connectivity index (χ2v) is 9.00. The molecular weight excluding hydrogens is 408 g/mol. The lowest BCUT2D eigenvalue weighted by Crippen LogP contribution is -2.13. The maximum atomic E-state index is 12.1. The number of hydrogen-bond donors (Lipinski definition) is 1. The highest BCUT2D eigenvalue weighted by Crippen LogP contribution is 2.30. The van der Waals surface area contributed by atoms with E-state index in [-0.39, 0.29) is 11.7 Å². The van der Waals surface area contributed by atoms with Crippen molar-refractivity contribution in [2.75, 3.05) is 11.1 Å². The van der Waals surface area contributed by atoms with E-state index in [9.17, 15) is 4.79 Å². The lowest BCUT2D eigenvalue weighted by Gasteiger charge is -2.04. The van der Waals surface area contributed by atoms with E-state index >= 15 is 0 Å². The quantitative estimate of drug-likeness (QED) is 0.328. The maximum absolute atomic E-state index is 12.1. The molecule has 0 saturated heterocycles. The molecule has 8 heteroatoms. The normalized spacial score (nSPS) is 10.9. The van der Waals surface area contributed by atoms with Crippen molar-refractivity contribution in [3.05, 3.63) is 72.4 Å². The highest BCUT2D eigenvalue weighted by Gasteiger charge is 2.10. The summed E-state index contributed by atoms with van der Waals surface area (Å²) < 4.78 is 0.834. The Morgan fingerprint density at radius 1 is 0.964 bits per heavy atom. The van der Waals surface area contributed by atoms with Crippen molar-refractivity contribution in [2.45, 2.75) is 15.1 Å². The number of nitrogens with zero attached hydrogens (tertiary/aromatic N) is 3. The van der Waals surface area contributed by atoms with E-state index in [0.29, 0.717) is 5.13 Å². The second-order valence-electron chi connectivity index (χ2n) is 5.80. The second kappa shape index (κ2) is 9.18. The Labute approximate surface area is 175 Å². The van der Waals surface area contributed by atoms with Crippen LogP contribution in [0, 0.1) is 0 Å².